The van der Waals surface area contributed by atoms with Gasteiger partial charge < -0.3 is 4.74 Å². The van der Waals surface area contributed by atoms with Gasteiger partial charge in [0.2, 0.25) is 0 Å². The summed E-state index contributed by atoms with van der Waals surface area (Å²) in [5, 5.41) is 0. The number of carbonyl (C=O) groups excluding carboxylic acids is 2. The Kier molecular flexibility index (Phi) is 6.89. The third-order valence-corrected chi connectivity index (χ3v) is 1.63. The zero-order valence-corrected chi connectivity index (χ0v) is 9.32. The van der Waals surface area contributed by atoms with E-state index in [9.17, 15) is 9.59 Å². The van der Waals surface area contributed by atoms with Gasteiger partial charge in [-0.3, -0.25) is 4.79 Å². The van der Waals surface area contributed by atoms with E-state index in [0.717, 1.165) is 11.9 Å². The van der Waals surface area contributed by atoms with Crippen LogP contribution in [0.2, 0.25) is 0 Å². The van der Waals surface area contributed by atoms with E-state index in [2.05, 4.69) is 0 Å². The highest BCUT2D eigenvalue weighted by Crippen LogP contribution is 1.99. The van der Waals surface area contributed by atoms with Crippen LogP contribution in [-0.4, -0.2) is 18.9 Å². The minimum Gasteiger partial charge on any atom is -0.463 e. The van der Waals surface area contributed by atoms with Crippen LogP contribution in [0.5, 0.6) is 0 Å². The molecule has 0 aromatic rings. The molecule has 0 fully saturated rings. The molecule has 0 bridgehead atoms. The maximum absolute atomic E-state index is 11.1. The number of aldehydes is 1. The van der Waals surface area contributed by atoms with Crippen LogP contribution in [0.1, 0.15) is 20.8 Å². The van der Waals surface area contributed by atoms with Gasteiger partial charge in [-0.2, -0.15) is 0 Å². The quantitative estimate of drug-likeness (QED) is 0.301. The van der Waals surface area contributed by atoms with E-state index in [4.69, 9.17) is 4.74 Å². The summed E-state index contributed by atoms with van der Waals surface area (Å²) in [6.07, 6.45) is 7.28. The summed E-state index contributed by atoms with van der Waals surface area (Å²) < 4.78 is 4.80. The first-order valence-corrected chi connectivity index (χ1v) is 4.76. The van der Waals surface area contributed by atoms with Crippen molar-refractivity contribution >= 4 is 12.3 Å². The van der Waals surface area contributed by atoms with Gasteiger partial charge in [0, 0.05) is 5.57 Å². The molecule has 0 saturated heterocycles. The molecule has 0 aliphatic carbocycles. The zero-order chi connectivity index (χ0) is 11.7. The first kappa shape index (κ1) is 13.4. The number of rotatable bonds is 5. The molecule has 0 aliphatic heterocycles. The van der Waals surface area contributed by atoms with Crippen LogP contribution >= 0.6 is 0 Å². The fourth-order valence-electron chi connectivity index (χ4n) is 0.820. The van der Waals surface area contributed by atoms with Gasteiger partial charge in [0.25, 0.3) is 0 Å². The summed E-state index contributed by atoms with van der Waals surface area (Å²) in [5.74, 6) is -0.320. The number of esters is 1. The lowest BCUT2D eigenvalue weighted by Crippen LogP contribution is -2.04. The first-order chi connectivity index (χ1) is 7.11. The van der Waals surface area contributed by atoms with E-state index >= 15 is 0 Å². The second-order valence-corrected chi connectivity index (χ2v) is 2.98. The molecule has 0 aliphatic rings. The van der Waals surface area contributed by atoms with E-state index in [0.29, 0.717) is 12.2 Å². The van der Waals surface area contributed by atoms with Crippen molar-refractivity contribution < 1.29 is 14.3 Å². The van der Waals surface area contributed by atoms with Crippen molar-refractivity contribution in [1.82, 2.24) is 0 Å². The number of hydrogen-bond acceptors (Lipinski definition) is 3. The minimum absolute atomic E-state index is 0.320. The first-order valence-electron chi connectivity index (χ1n) is 4.76. The second kappa shape index (κ2) is 7.74. The largest absolute Gasteiger partial charge is 0.463 e. The van der Waals surface area contributed by atoms with Gasteiger partial charge in [-0.15, -0.1) is 0 Å². The van der Waals surface area contributed by atoms with Gasteiger partial charge in [-0.1, -0.05) is 18.2 Å². The van der Waals surface area contributed by atoms with Crippen LogP contribution in [0.4, 0.5) is 0 Å². The van der Waals surface area contributed by atoms with Crippen molar-refractivity contribution in [2.24, 2.45) is 0 Å². The molecule has 0 saturated carbocycles. The number of hydrogen-bond donors (Lipinski definition) is 0. The number of ether oxygens (including phenoxy) is 1. The Balaban J connectivity index is 4.33. The number of carbonyl (C=O) groups is 2. The molecule has 82 valence electrons. The minimum atomic E-state index is -0.320. The predicted molar refractivity (Wildman–Crippen MR) is 59.4 cm³/mol. The van der Waals surface area contributed by atoms with Crippen molar-refractivity contribution in [2.45, 2.75) is 20.8 Å². The van der Waals surface area contributed by atoms with Crippen LogP contribution in [0, 0.1) is 0 Å². The molecule has 3 nitrogen and oxygen atoms in total. The molecular formula is C12H16O3. The average molecular weight is 208 g/mol. The molecule has 0 spiro atoms. The Morgan fingerprint density at radius 3 is 2.47 bits per heavy atom. The lowest BCUT2D eigenvalue weighted by molar-refractivity contribution is -0.138. The molecule has 0 heterocycles. The lowest BCUT2D eigenvalue weighted by Gasteiger charge is -1.99. The van der Waals surface area contributed by atoms with E-state index in [1.807, 2.05) is 0 Å². The maximum Gasteiger partial charge on any atom is 0.333 e. The van der Waals surface area contributed by atoms with Crippen molar-refractivity contribution in [3.05, 3.63) is 35.5 Å². The van der Waals surface area contributed by atoms with Crippen LogP contribution < -0.4 is 0 Å². The Labute approximate surface area is 90.1 Å². The highest BCUT2D eigenvalue weighted by molar-refractivity contribution is 5.88. The van der Waals surface area contributed by atoms with Crippen LogP contribution in [0.3, 0.4) is 0 Å². The van der Waals surface area contributed by atoms with E-state index < -0.39 is 0 Å². The molecule has 15 heavy (non-hydrogen) atoms. The van der Waals surface area contributed by atoms with Crippen molar-refractivity contribution in [3.8, 4) is 0 Å². The van der Waals surface area contributed by atoms with Crippen molar-refractivity contribution in [3.63, 3.8) is 0 Å². The molecule has 0 atom stereocenters. The van der Waals surface area contributed by atoms with Crippen molar-refractivity contribution in [2.75, 3.05) is 6.61 Å². The van der Waals surface area contributed by atoms with Crippen LogP contribution in [0.25, 0.3) is 0 Å². The highest BCUT2D eigenvalue weighted by Gasteiger charge is 2.01. The number of allylic oxidation sites excluding steroid dienone is 5. The normalized spacial score (nSPS) is 13.0. The summed E-state index contributed by atoms with van der Waals surface area (Å²) in [4.78, 5) is 21.3. The summed E-state index contributed by atoms with van der Waals surface area (Å²) >= 11 is 0. The Hall–Kier alpha value is -1.64. The smallest absolute Gasteiger partial charge is 0.333 e. The summed E-state index contributed by atoms with van der Waals surface area (Å²) in [5.41, 5.74) is 1.37. The summed E-state index contributed by atoms with van der Waals surface area (Å²) in [6.45, 7) is 5.62. The van der Waals surface area contributed by atoms with Crippen LogP contribution in [0.15, 0.2) is 35.5 Å². The fraction of sp³-hybridized carbons (Fsp3) is 0.333. The van der Waals surface area contributed by atoms with E-state index in [1.54, 1.807) is 39.0 Å². The Morgan fingerprint density at radius 2 is 1.93 bits per heavy atom. The molecule has 0 N–H and O–H groups in total. The maximum atomic E-state index is 11.1. The van der Waals surface area contributed by atoms with Gasteiger partial charge in [-0.05, 0) is 32.4 Å². The molecule has 3 heteroatoms. The topological polar surface area (TPSA) is 43.4 Å². The third kappa shape index (κ3) is 6.43. The summed E-state index contributed by atoms with van der Waals surface area (Å²) in [6, 6.07) is 0. The van der Waals surface area contributed by atoms with E-state index in [-0.39, 0.29) is 5.97 Å². The Morgan fingerprint density at radius 1 is 1.27 bits per heavy atom. The average Bonchev–Trinajstić information content (AvgIpc) is 2.18. The standard InChI is InChI=1S/C12H16O3/c1-4-15-12(14)11(3)7-5-6-10(2)8-9-13/h5-9H,4H2,1-3H3/b6-5+,10-8+,11-7+. The SMILES string of the molecule is CCOC(=O)/C(C)=C/C=C/C(C)=C/C=O. The molecule has 0 rings (SSSR count). The molecule has 0 aromatic heterocycles. The van der Waals surface area contributed by atoms with Gasteiger partial charge in [0.05, 0.1) is 6.61 Å². The molecule has 0 amide bonds. The fourth-order valence-corrected chi connectivity index (χ4v) is 0.820. The monoisotopic (exact) mass is 208 g/mol. The predicted octanol–water partition coefficient (Wildman–Crippen LogP) is 2.20. The van der Waals surface area contributed by atoms with Gasteiger partial charge in [-0.25, -0.2) is 4.79 Å². The molecule has 0 aromatic carbocycles. The zero-order valence-electron chi connectivity index (χ0n) is 9.32. The molecule has 0 unspecified atom stereocenters. The van der Waals surface area contributed by atoms with E-state index in [1.165, 1.54) is 6.08 Å². The molecule has 0 radical (unpaired) electrons. The highest BCUT2D eigenvalue weighted by atomic mass is 16.5. The van der Waals surface area contributed by atoms with Gasteiger partial charge in [0.1, 0.15) is 6.29 Å². The lowest BCUT2D eigenvalue weighted by atomic mass is 10.2. The van der Waals surface area contributed by atoms with Gasteiger partial charge >= 0.3 is 5.97 Å². The summed E-state index contributed by atoms with van der Waals surface area (Å²) in [7, 11) is 0. The van der Waals surface area contributed by atoms with Crippen molar-refractivity contribution in [1.29, 1.82) is 0 Å². The molecular weight excluding hydrogens is 192 g/mol. The van der Waals surface area contributed by atoms with Gasteiger partial charge in [0.15, 0.2) is 0 Å². The third-order valence-electron chi connectivity index (χ3n) is 1.63. The van der Waals surface area contributed by atoms with Crippen LogP contribution in [-0.2, 0) is 14.3 Å². The Bertz CT molecular complexity index is 309. The second-order valence-electron chi connectivity index (χ2n) is 2.98.